The van der Waals surface area contributed by atoms with Crippen molar-refractivity contribution in [1.29, 1.82) is 0 Å². The van der Waals surface area contributed by atoms with Gasteiger partial charge in [-0.25, -0.2) is 8.42 Å². The number of aromatic amines is 1. The van der Waals surface area contributed by atoms with E-state index in [1.165, 1.54) is 12.3 Å². The summed E-state index contributed by atoms with van der Waals surface area (Å²) in [5, 5.41) is 33.7. The number of sulfone groups is 1. The number of phenols is 2. The van der Waals surface area contributed by atoms with E-state index in [4.69, 9.17) is 4.52 Å². The Kier molecular flexibility index (Phi) is 4.15. The van der Waals surface area contributed by atoms with Gasteiger partial charge in [-0.3, -0.25) is 14.9 Å². The van der Waals surface area contributed by atoms with Crippen molar-refractivity contribution in [3.8, 4) is 34.3 Å². The SMILES string of the molecule is CS(=O)(=O)c1c(-c2noc(-c3cc(O)c(O)c([N+](=O)[O-])c3)n2)cc[nH]c1=O. The molecule has 1 aromatic carbocycles. The quantitative estimate of drug-likeness (QED) is 0.324. The summed E-state index contributed by atoms with van der Waals surface area (Å²) in [7, 11) is -3.93. The van der Waals surface area contributed by atoms with Gasteiger partial charge in [0.25, 0.3) is 11.4 Å². The lowest BCUT2D eigenvalue weighted by Crippen LogP contribution is -2.17. The van der Waals surface area contributed by atoms with E-state index in [-0.39, 0.29) is 22.8 Å². The van der Waals surface area contributed by atoms with Crippen LogP contribution in [0.15, 0.2) is 38.6 Å². The predicted molar refractivity (Wildman–Crippen MR) is 88.9 cm³/mol. The largest absolute Gasteiger partial charge is 0.504 e. The van der Waals surface area contributed by atoms with Crippen LogP contribution in [0.3, 0.4) is 0 Å². The van der Waals surface area contributed by atoms with E-state index in [1.807, 2.05) is 0 Å². The molecule has 13 heteroatoms. The molecule has 0 radical (unpaired) electrons. The van der Waals surface area contributed by atoms with Crippen LogP contribution < -0.4 is 5.56 Å². The maximum atomic E-state index is 11.9. The highest BCUT2D eigenvalue weighted by molar-refractivity contribution is 7.90. The fraction of sp³-hybridized carbons (Fsp3) is 0.0714. The molecule has 3 rings (SSSR count). The number of benzene rings is 1. The molecule has 0 bridgehead atoms. The van der Waals surface area contributed by atoms with Crippen molar-refractivity contribution in [3.05, 3.63) is 44.9 Å². The molecule has 12 nitrogen and oxygen atoms in total. The fourth-order valence-electron chi connectivity index (χ4n) is 2.33. The van der Waals surface area contributed by atoms with Gasteiger partial charge < -0.3 is 19.7 Å². The lowest BCUT2D eigenvalue weighted by molar-refractivity contribution is -0.385. The lowest BCUT2D eigenvalue weighted by Gasteiger charge is -2.02. The summed E-state index contributed by atoms with van der Waals surface area (Å²) >= 11 is 0. The number of aromatic nitrogens is 3. The molecule has 0 unspecified atom stereocenters. The van der Waals surface area contributed by atoms with E-state index >= 15 is 0 Å². The van der Waals surface area contributed by atoms with Gasteiger partial charge in [-0.15, -0.1) is 0 Å². The van der Waals surface area contributed by atoms with Crippen LogP contribution in [0.5, 0.6) is 11.5 Å². The number of nitro groups is 1. The van der Waals surface area contributed by atoms with Gasteiger partial charge in [0, 0.05) is 24.1 Å². The number of phenolic OH excluding ortho intramolecular Hbond substituents is 2. The van der Waals surface area contributed by atoms with Gasteiger partial charge in [0.2, 0.25) is 11.6 Å². The number of pyridine rings is 1. The van der Waals surface area contributed by atoms with Crippen LogP contribution in [-0.4, -0.2) is 44.9 Å². The van der Waals surface area contributed by atoms with Crippen molar-refractivity contribution in [2.45, 2.75) is 4.90 Å². The maximum absolute atomic E-state index is 11.9. The second-order valence-corrected chi connectivity index (χ2v) is 7.32. The molecule has 3 N–H and O–H groups in total. The highest BCUT2D eigenvalue weighted by atomic mass is 32.2. The van der Waals surface area contributed by atoms with Crippen LogP contribution >= 0.6 is 0 Å². The third kappa shape index (κ3) is 3.22. The topological polar surface area (TPSA) is 190 Å². The Morgan fingerprint density at radius 1 is 1.30 bits per heavy atom. The van der Waals surface area contributed by atoms with Gasteiger partial charge >= 0.3 is 5.69 Å². The van der Waals surface area contributed by atoms with Crippen molar-refractivity contribution >= 4 is 15.5 Å². The molecule has 0 atom stereocenters. The maximum Gasteiger partial charge on any atom is 0.315 e. The van der Waals surface area contributed by atoms with Crippen molar-refractivity contribution in [2.75, 3.05) is 6.26 Å². The standard InChI is InChI=1S/C14H10N4O8S/c1-27(24,25)11-7(2-3-15-13(11)21)12-16-14(26-17-12)6-4-8(18(22)23)10(20)9(19)5-6/h2-5,19-20H,1H3,(H,15,21). The number of nitrogens with one attached hydrogen (secondary N) is 1. The summed E-state index contributed by atoms with van der Waals surface area (Å²) in [6, 6.07) is 3.10. The van der Waals surface area contributed by atoms with Crippen molar-refractivity contribution in [3.63, 3.8) is 0 Å². The van der Waals surface area contributed by atoms with Crippen molar-refractivity contribution < 1.29 is 28.1 Å². The van der Waals surface area contributed by atoms with Crippen LogP contribution in [0.25, 0.3) is 22.8 Å². The average molecular weight is 394 g/mol. The number of aromatic hydroxyl groups is 2. The molecule has 0 saturated heterocycles. The lowest BCUT2D eigenvalue weighted by atomic mass is 10.1. The minimum Gasteiger partial charge on any atom is -0.504 e. The minimum atomic E-state index is -3.93. The molecule has 3 aromatic rings. The van der Waals surface area contributed by atoms with Gasteiger partial charge in [-0.2, -0.15) is 4.98 Å². The monoisotopic (exact) mass is 394 g/mol. The third-order valence-electron chi connectivity index (χ3n) is 3.47. The summed E-state index contributed by atoms with van der Waals surface area (Å²) < 4.78 is 28.7. The molecule has 0 aliphatic rings. The van der Waals surface area contributed by atoms with Crippen LogP contribution in [-0.2, 0) is 9.84 Å². The van der Waals surface area contributed by atoms with Crippen molar-refractivity contribution in [2.24, 2.45) is 0 Å². The van der Waals surface area contributed by atoms with Gasteiger partial charge in [0.15, 0.2) is 15.6 Å². The molecule has 2 aromatic heterocycles. The fourth-order valence-corrected chi connectivity index (χ4v) is 3.28. The summed E-state index contributed by atoms with van der Waals surface area (Å²) in [6.45, 7) is 0. The first-order chi connectivity index (χ1) is 12.6. The number of nitrogens with zero attached hydrogens (tertiary/aromatic N) is 3. The predicted octanol–water partition coefficient (Wildman–Crippen LogP) is 0.815. The number of nitro benzene ring substituents is 1. The molecule has 27 heavy (non-hydrogen) atoms. The molecule has 140 valence electrons. The summed E-state index contributed by atoms with van der Waals surface area (Å²) in [4.78, 5) is 27.5. The second-order valence-electron chi connectivity index (χ2n) is 5.37. The Bertz CT molecular complexity index is 1230. The summed E-state index contributed by atoms with van der Waals surface area (Å²) in [6.07, 6.45) is 2.03. The van der Waals surface area contributed by atoms with E-state index in [9.17, 15) is 33.5 Å². The first-order valence-corrected chi connectivity index (χ1v) is 8.95. The van der Waals surface area contributed by atoms with Crippen molar-refractivity contribution in [1.82, 2.24) is 15.1 Å². The molecule has 0 aliphatic carbocycles. The average Bonchev–Trinajstić information content (AvgIpc) is 3.05. The molecule has 0 saturated carbocycles. The Hall–Kier alpha value is -3.74. The van der Waals surface area contributed by atoms with Crippen LogP contribution in [0, 0.1) is 10.1 Å². The smallest absolute Gasteiger partial charge is 0.315 e. The number of rotatable bonds is 4. The normalized spacial score (nSPS) is 11.4. The molecule has 0 amide bonds. The van der Waals surface area contributed by atoms with Crippen LogP contribution in [0.2, 0.25) is 0 Å². The highest BCUT2D eigenvalue weighted by Gasteiger charge is 2.25. The molecular weight excluding hydrogens is 384 g/mol. The molecular formula is C14H10N4O8S. The van der Waals surface area contributed by atoms with Gasteiger partial charge in [0.1, 0.15) is 4.90 Å². The Morgan fingerprint density at radius 3 is 2.63 bits per heavy atom. The molecule has 0 fully saturated rings. The summed E-state index contributed by atoms with van der Waals surface area (Å²) in [5.41, 5.74) is -1.90. The molecule has 2 heterocycles. The van der Waals surface area contributed by atoms with Gasteiger partial charge in [-0.05, 0) is 12.1 Å². The number of H-pyrrole nitrogens is 1. The Balaban J connectivity index is 2.17. The second kappa shape index (κ2) is 6.21. The Labute approximate surface area is 149 Å². The first kappa shape index (κ1) is 18.1. The Morgan fingerprint density at radius 2 is 2.00 bits per heavy atom. The molecule has 0 spiro atoms. The zero-order valence-electron chi connectivity index (χ0n) is 13.4. The number of hydrogen-bond donors (Lipinski definition) is 3. The van der Waals surface area contributed by atoms with Crippen LogP contribution in [0.1, 0.15) is 0 Å². The first-order valence-electron chi connectivity index (χ1n) is 7.06. The zero-order chi connectivity index (χ0) is 19.9. The zero-order valence-corrected chi connectivity index (χ0v) is 14.2. The van der Waals surface area contributed by atoms with E-state index < -0.39 is 42.4 Å². The third-order valence-corrected chi connectivity index (χ3v) is 4.61. The van der Waals surface area contributed by atoms with Gasteiger partial charge in [0.05, 0.1) is 10.5 Å². The highest BCUT2D eigenvalue weighted by Crippen LogP contribution is 2.39. The van der Waals surface area contributed by atoms with Gasteiger partial charge in [-0.1, -0.05) is 5.16 Å². The number of hydrogen-bond acceptors (Lipinski definition) is 10. The van der Waals surface area contributed by atoms with E-state index in [2.05, 4.69) is 15.1 Å². The summed E-state index contributed by atoms with van der Waals surface area (Å²) in [5.74, 6) is -2.28. The van der Waals surface area contributed by atoms with E-state index in [0.29, 0.717) is 0 Å². The van der Waals surface area contributed by atoms with E-state index in [1.54, 1.807) is 0 Å². The minimum absolute atomic E-state index is 0.0958. The molecule has 0 aliphatic heterocycles. The van der Waals surface area contributed by atoms with Crippen LogP contribution in [0.4, 0.5) is 5.69 Å². The van der Waals surface area contributed by atoms with E-state index in [0.717, 1.165) is 18.4 Å².